The molecule has 1 aliphatic rings. The molecule has 0 heterocycles. The van der Waals surface area contributed by atoms with Crippen molar-refractivity contribution in [3.8, 4) is 0 Å². The van der Waals surface area contributed by atoms with E-state index in [1.807, 2.05) is 0 Å². The van der Waals surface area contributed by atoms with Gasteiger partial charge in [-0.05, 0) is 25.7 Å². The third kappa shape index (κ3) is 2.09. The second-order valence-electron chi connectivity index (χ2n) is 2.16. The lowest BCUT2D eigenvalue weighted by Crippen LogP contribution is -2.12. The number of hydrogen-bond donors (Lipinski definition) is 0. The summed E-state index contributed by atoms with van der Waals surface area (Å²) in [7, 11) is 0. The summed E-state index contributed by atoms with van der Waals surface area (Å²) in [6.07, 6.45) is 3.20. The Hall–Kier alpha value is 1.02. The summed E-state index contributed by atoms with van der Waals surface area (Å²) in [6.45, 7) is 0. The molecule has 0 N–H and O–H groups in total. The van der Waals surface area contributed by atoms with Gasteiger partial charge in [-0.25, -0.2) is 0 Å². The molecule has 1 rings (SSSR count). The largest absolute Gasteiger partial charge is 0.123 e. The summed E-state index contributed by atoms with van der Waals surface area (Å²) in [5, 5.41) is 0.276. The normalized spacial score (nSPS) is 50.8. The molecule has 3 unspecified atom stereocenters. The van der Waals surface area contributed by atoms with E-state index in [0.717, 1.165) is 19.3 Å². The number of halogens is 2. The summed E-state index contributed by atoms with van der Waals surface area (Å²) in [6, 6.07) is 0. The molecular weight excluding hydrogens is 234 g/mol. The maximum atomic E-state index is 7.52. The fourth-order valence-corrected chi connectivity index (χ4v) is 1.75. The van der Waals surface area contributed by atoms with Crippen molar-refractivity contribution in [3.05, 3.63) is 0 Å². The first-order valence-corrected chi connectivity index (χ1v) is 4.58. The van der Waals surface area contributed by atoms with Crippen LogP contribution in [0.4, 0.5) is 0 Å². The second-order valence-corrected chi connectivity index (χ2v) is 4.38. The van der Waals surface area contributed by atoms with E-state index in [2.05, 4.69) is 22.6 Å². The van der Waals surface area contributed by atoms with Crippen LogP contribution in [0.25, 0.3) is 0 Å². The van der Waals surface area contributed by atoms with Crippen molar-refractivity contribution in [1.82, 2.24) is 0 Å². The molecule has 0 aromatic carbocycles. The molecule has 0 amide bonds. The van der Waals surface area contributed by atoms with Gasteiger partial charge >= 0.3 is 0 Å². The predicted molar refractivity (Wildman–Crippen MR) is 45.9 cm³/mol. The van der Waals surface area contributed by atoms with Crippen molar-refractivity contribution in [1.29, 1.82) is 0 Å². The Balaban J connectivity index is 2.35. The first-order chi connectivity index (χ1) is 4.20. The number of alkyl halides is 2. The van der Waals surface area contributed by atoms with Crippen LogP contribution in [0.15, 0.2) is 0 Å². The van der Waals surface area contributed by atoms with E-state index in [1.54, 1.807) is 0 Å². The van der Waals surface area contributed by atoms with Gasteiger partial charge in [-0.2, -0.15) is 0 Å². The molecule has 3 atom stereocenters. The molecule has 0 aromatic heterocycles. The van der Waals surface area contributed by atoms with Gasteiger partial charge in [-0.15, -0.1) is 11.6 Å². The van der Waals surface area contributed by atoms with Gasteiger partial charge < -0.3 is 0 Å². The summed E-state index contributed by atoms with van der Waals surface area (Å²) in [5.41, 5.74) is 0. The van der Waals surface area contributed by atoms with Gasteiger partial charge in [0.15, 0.2) is 0 Å². The first-order valence-electron chi connectivity index (χ1n) is 3.48. The van der Waals surface area contributed by atoms with Crippen LogP contribution < -0.4 is 0 Å². The molecule has 1 fully saturated rings. The number of hydrogen-bond acceptors (Lipinski definition) is 0. The summed E-state index contributed by atoms with van der Waals surface area (Å²) in [4.78, 5) is 0. The van der Waals surface area contributed by atoms with E-state index in [4.69, 9.17) is 13.0 Å². The van der Waals surface area contributed by atoms with E-state index in [-0.39, 0.29) is 11.8 Å². The van der Waals surface area contributed by atoms with Crippen LogP contribution in [0.5, 0.6) is 0 Å². The Morgan fingerprint density at radius 3 is 2.75 bits per heavy atom. The van der Waals surface area contributed by atoms with Gasteiger partial charge in [0, 0.05) is 10.7 Å². The van der Waals surface area contributed by atoms with E-state index in [1.165, 1.54) is 0 Å². The van der Waals surface area contributed by atoms with Crippen molar-refractivity contribution < 1.29 is 1.37 Å². The quantitative estimate of drug-likeness (QED) is 0.455. The lowest BCUT2D eigenvalue weighted by atomic mass is 10.0. The summed E-state index contributed by atoms with van der Waals surface area (Å²) >= 11 is 8.20. The highest BCUT2D eigenvalue weighted by Gasteiger charge is 2.15. The molecule has 0 saturated heterocycles. The molecule has 0 radical (unpaired) electrons. The summed E-state index contributed by atoms with van der Waals surface area (Å²) in [5.74, 6) is 0. The lowest BCUT2D eigenvalue weighted by Gasteiger charge is -2.19. The minimum Gasteiger partial charge on any atom is -0.123 e. The van der Waals surface area contributed by atoms with Crippen LogP contribution in [0.3, 0.4) is 0 Å². The van der Waals surface area contributed by atoms with E-state index in [0.29, 0.717) is 3.92 Å². The van der Waals surface area contributed by atoms with Crippen molar-refractivity contribution in [2.75, 3.05) is 0 Å². The van der Waals surface area contributed by atoms with Crippen molar-refractivity contribution in [2.24, 2.45) is 0 Å². The van der Waals surface area contributed by atoms with Gasteiger partial charge in [0.05, 0.1) is 0 Å². The average molecular weight is 246 g/mol. The Bertz CT molecular complexity index is 99.1. The monoisotopic (exact) mass is 245 g/mol. The standard InChI is InChI=1S/C6H10ClI/c7-5-1-3-6(8)4-2-5/h5-6H,1-4H2/i3D. The average Bonchev–Trinajstić information content (AvgIpc) is 1.80. The van der Waals surface area contributed by atoms with Crippen LogP contribution in [0.1, 0.15) is 27.0 Å². The predicted octanol–water partition coefficient (Wildman–Crippen LogP) is 2.97. The van der Waals surface area contributed by atoms with Crippen molar-refractivity contribution in [2.45, 2.75) is 35.0 Å². The Kier molecular flexibility index (Phi) is 2.35. The van der Waals surface area contributed by atoms with E-state index >= 15 is 0 Å². The molecular formula is C6H10ClI. The fourth-order valence-electron chi connectivity index (χ4n) is 0.871. The maximum Gasteiger partial charge on any atom is 0.0336 e. The molecule has 8 heavy (non-hydrogen) atoms. The van der Waals surface area contributed by atoms with Crippen LogP contribution in [0, 0.1) is 0 Å². The zero-order valence-corrected chi connectivity index (χ0v) is 7.52. The molecule has 48 valence electrons. The summed E-state index contributed by atoms with van der Waals surface area (Å²) < 4.78 is 8.06. The van der Waals surface area contributed by atoms with Crippen molar-refractivity contribution in [3.63, 3.8) is 0 Å². The molecule has 1 aliphatic carbocycles. The molecule has 0 aliphatic heterocycles. The van der Waals surface area contributed by atoms with Gasteiger partial charge in [-0.1, -0.05) is 22.6 Å². The molecule has 0 bridgehead atoms. The first kappa shape index (κ1) is 5.78. The maximum absolute atomic E-state index is 7.52. The van der Waals surface area contributed by atoms with Crippen LogP contribution in [-0.4, -0.2) is 9.30 Å². The smallest absolute Gasteiger partial charge is 0.0336 e. The Labute approximate surface area is 70.5 Å². The highest BCUT2D eigenvalue weighted by Crippen LogP contribution is 2.27. The minimum absolute atomic E-state index is 0.0850. The molecule has 0 nitrogen and oxygen atoms in total. The topological polar surface area (TPSA) is 0 Å². The SMILES string of the molecule is [2H]C1CC(Cl)CCC1I. The van der Waals surface area contributed by atoms with E-state index < -0.39 is 0 Å². The molecule has 2 heteroatoms. The zero-order chi connectivity index (χ0) is 6.85. The van der Waals surface area contributed by atoms with Crippen LogP contribution in [-0.2, 0) is 0 Å². The Morgan fingerprint density at radius 2 is 2.25 bits per heavy atom. The van der Waals surface area contributed by atoms with Gasteiger partial charge in [0.2, 0.25) is 0 Å². The molecule has 0 spiro atoms. The fraction of sp³-hybridized carbons (Fsp3) is 1.00. The van der Waals surface area contributed by atoms with Gasteiger partial charge in [0.25, 0.3) is 0 Å². The van der Waals surface area contributed by atoms with Crippen LogP contribution >= 0.6 is 34.2 Å². The third-order valence-corrected chi connectivity index (χ3v) is 2.93. The van der Waals surface area contributed by atoms with E-state index in [9.17, 15) is 0 Å². The van der Waals surface area contributed by atoms with Gasteiger partial charge in [-0.3, -0.25) is 0 Å². The molecule has 1 saturated carbocycles. The second kappa shape index (κ2) is 3.25. The highest BCUT2D eigenvalue weighted by atomic mass is 127. The number of rotatable bonds is 0. The van der Waals surface area contributed by atoms with Crippen LogP contribution in [0.2, 0.25) is 0 Å². The highest BCUT2D eigenvalue weighted by molar-refractivity contribution is 14.1. The van der Waals surface area contributed by atoms with Gasteiger partial charge in [0.1, 0.15) is 0 Å². The molecule has 0 aromatic rings. The third-order valence-electron chi connectivity index (χ3n) is 1.40. The minimum atomic E-state index is 0.0850. The zero-order valence-electron chi connectivity index (χ0n) is 5.61. The lowest BCUT2D eigenvalue weighted by molar-refractivity contribution is 0.535. The Morgan fingerprint density at radius 1 is 1.50 bits per heavy atom. The van der Waals surface area contributed by atoms with Crippen molar-refractivity contribution >= 4 is 34.2 Å².